The molecular formula is C16H14IN3O8. The number of nitrogens with two attached hydrogens (primary N) is 2. The highest BCUT2D eigenvalue weighted by atomic mass is 127. The van der Waals surface area contributed by atoms with E-state index in [4.69, 9.17) is 20.9 Å². The fourth-order valence-electron chi connectivity index (χ4n) is 2.48. The Bertz CT molecular complexity index is 1050. The van der Waals surface area contributed by atoms with Crippen LogP contribution in [0.25, 0.3) is 11.1 Å². The Morgan fingerprint density at radius 2 is 1.79 bits per heavy atom. The van der Waals surface area contributed by atoms with Crippen LogP contribution in [0.5, 0.6) is 11.5 Å². The number of pyridine rings is 1. The van der Waals surface area contributed by atoms with E-state index < -0.39 is 47.0 Å². The van der Waals surface area contributed by atoms with Crippen LogP contribution in [0.2, 0.25) is 0 Å². The second-order valence-electron chi connectivity index (χ2n) is 5.35. The minimum atomic E-state index is -1.64. The van der Waals surface area contributed by atoms with E-state index in [-0.39, 0.29) is 22.6 Å². The fourth-order valence-corrected chi connectivity index (χ4v) is 3.24. The lowest BCUT2D eigenvalue weighted by Crippen LogP contribution is -2.24. The number of benzene rings is 1. The number of hydrogen-bond donors (Lipinski definition) is 5. The van der Waals surface area contributed by atoms with E-state index in [0.29, 0.717) is 3.57 Å². The molecule has 1 aromatic carbocycles. The van der Waals surface area contributed by atoms with Crippen molar-refractivity contribution in [2.45, 2.75) is 0 Å². The lowest BCUT2D eigenvalue weighted by Gasteiger charge is -2.16. The minimum absolute atomic E-state index is 0.0419. The quantitative estimate of drug-likeness (QED) is 0.334. The highest BCUT2D eigenvalue weighted by Crippen LogP contribution is 2.39. The predicted octanol–water partition coefficient (Wildman–Crippen LogP) is 0.498. The summed E-state index contributed by atoms with van der Waals surface area (Å²) in [7, 11) is 1.29. The number of aromatic amines is 1. The molecule has 2 aromatic rings. The number of methoxy groups -OCH3 is 1. The number of amides is 1. The molecule has 0 aliphatic carbocycles. The third-order valence-electron chi connectivity index (χ3n) is 3.55. The molecule has 11 nitrogen and oxygen atoms in total. The number of nitrogen functional groups attached to an aromatic ring is 1. The highest BCUT2D eigenvalue weighted by Gasteiger charge is 2.28. The number of aromatic carboxylic acids is 2. The smallest absolute Gasteiger partial charge is 0.342 e. The molecule has 0 saturated carbocycles. The summed E-state index contributed by atoms with van der Waals surface area (Å²) in [5, 5.41) is 18.9. The van der Waals surface area contributed by atoms with Crippen molar-refractivity contribution in [3.63, 3.8) is 0 Å². The summed E-state index contributed by atoms with van der Waals surface area (Å²) in [5.74, 6) is -4.20. The standard InChI is InChI=1S/C16H14IN3O8/c1-27-7-3-5(2-6(17)12(7)28-4-8(18)21)9-10(15(23)24)13(19)20-14(22)11(9)16(25)26/h2-3H,4H2,1H3,(H2,18,21)(H,23,24)(H,25,26)(H3,19,20,22). The molecule has 7 N–H and O–H groups in total. The Hall–Kier alpha value is -3.29. The van der Waals surface area contributed by atoms with Crippen molar-refractivity contribution in [2.75, 3.05) is 19.5 Å². The number of halogens is 1. The Morgan fingerprint density at radius 3 is 2.29 bits per heavy atom. The maximum absolute atomic E-state index is 12.1. The van der Waals surface area contributed by atoms with Gasteiger partial charge in [0, 0.05) is 5.56 Å². The average molecular weight is 503 g/mol. The first-order valence-corrected chi connectivity index (χ1v) is 8.47. The summed E-state index contributed by atoms with van der Waals surface area (Å²) >= 11 is 1.81. The Labute approximate surface area is 170 Å². The van der Waals surface area contributed by atoms with Crippen molar-refractivity contribution in [3.8, 4) is 22.6 Å². The summed E-state index contributed by atoms with van der Waals surface area (Å²) in [4.78, 5) is 48.4. The summed E-state index contributed by atoms with van der Waals surface area (Å²) in [6, 6.07) is 2.64. The number of hydrogen-bond acceptors (Lipinski definition) is 7. The van der Waals surface area contributed by atoms with Gasteiger partial charge in [0.2, 0.25) is 0 Å². The van der Waals surface area contributed by atoms with Crippen LogP contribution in [-0.4, -0.2) is 46.8 Å². The molecule has 0 bridgehead atoms. The van der Waals surface area contributed by atoms with Crippen LogP contribution in [0.1, 0.15) is 20.7 Å². The van der Waals surface area contributed by atoms with Gasteiger partial charge in [0.15, 0.2) is 18.1 Å². The number of anilines is 1. The molecule has 0 fully saturated rings. The molecule has 0 unspecified atom stereocenters. The Morgan fingerprint density at radius 1 is 1.18 bits per heavy atom. The van der Waals surface area contributed by atoms with Gasteiger partial charge in [-0.2, -0.15) is 0 Å². The number of carboxylic acids is 2. The first-order valence-electron chi connectivity index (χ1n) is 7.39. The molecule has 148 valence electrons. The van der Waals surface area contributed by atoms with Gasteiger partial charge < -0.3 is 36.1 Å². The van der Waals surface area contributed by atoms with Crippen molar-refractivity contribution >= 4 is 46.3 Å². The van der Waals surface area contributed by atoms with Crippen molar-refractivity contribution in [1.82, 2.24) is 4.98 Å². The van der Waals surface area contributed by atoms with Crippen LogP contribution in [0, 0.1) is 3.57 Å². The van der Waals surface area contributed by atoms with E-state index >= 15 is 0 Å². The van der Waals surface area contributed by atoms with E-state index in [1.165, 1.54) is 19.2 Å². The first-order chi connectivity index (χ1) is 13.1. The lowest BCUT2D eigenvalue weighted by atomic mass is 9.95. The van der Waals surface area contributed by atoms with E-state index in [1.807, 2.05) is 27.6 Å². The summed E-state index contributed by atoms with van der Waals surface area (Å²) in [5.41, 5.74) is 7.87. The molecule has 0 saturated heterocycles. The molecular weight excluding hydrogens is 489 g/mol. The molecule has 0 spiro atoms. The highest BCUT2D eigenvalue weighted by molar-refractivity contribution is 14.1. The normalized spacial score (nSPS) is 10.4. The van der Waals surface area contributed by atoms with Gasteiger partial charge in [0.05, 0.1) is 10.7 Å². The van der Waals surface area contributed by atoms with Gasteiger partial charge in [0.25, 0.3) is 11.5 Å². The van der Waals surface area contributed by atoms with Gasteiger partial charge in [-0.05, 0) is 40.3 Å². The van der Waals surface area contributed by atoms with Crippen LogP contribution in [-0.2, 0) is 4.79 Å². The number of carbonyl (C=O) groups is 3. The van der Waals surface area contributed by atoms with Crippen LogP contribution < -0.4 is 26.5 Å². The van der Waals surface area contributed by atoms with E-state index in [2.05, 4.69) is 0 Å². The predicted molar refractivity (Wildman–Crippen MR) is 105 cm³/mol. The minimum Gasteiger partial charge on any atom is -0.493 e. The molecule has 1 heterocycles. The zero-order valence-electron chi connectivity index (χ0n) is 14.2. The number of carbonyl (C=O) groups excluding carboxylic acids is 1. The number of H-pyrrole nitrogens is 1. The van der Waals surface area contributed by atoms with Gasteiger partial charge in [0.1, 0.15) is 16.9 Å². The van der Waals surface area contributed by atoms with Crippen LogP contribution in [0.3, 0.4) is 0 Å². The van der Waals surface area contributed by atoms with Crippen molar-refractivity contribution in [1.29, 1.82) is 0 Å². The molecule has 1 amide bonds. The Kier molecular flexibility index (Phi) is 6.12. The van der Waals surface area contributed by atoms with Gasteiger partial charge in [-0.15, -0.1) is 0 Å². The molecule has 0 aliphatic heterocycles. The Balaban J connectivity index is 2.86. The summed E-state index contributed by atoms with van der Waals surface area (Å²) < 4.78 is 10.8. The average Bonchev–Trinajstić information content (AvgIpc) is 2.58. The summed E-state index contributed by atoms with van der Waals surface area (Å²) in [6.07, 6.45) is 0. The third-order valence-corrected chi connectivity index (χ3v) is 4.35. The van der Waals surface area contributed by atoms with Crippen LogP contribution in [0.4, 0.5) is 5.82 Å². The number of nitrogens with one attached hydrogen (secondary N) is 1. The number of primary amides is 1. The van der Waals surface area contributed by atoms with Crippen LogP contribution in [0.15, 0.2) is 16.9 Å². The maximum Gasteiger partial charge on any atom is 0.342 e. The lowest BCUT2D eigenvalue weighted by molar-refractivity contribution is -0.120. The van der Waals surface area contributed by atoms with Crippen molar-refractivity contribution < 1.29 is 34.1 Å². The zero-order valence-corrected chi connectivity index (χ0v) is 16.4. The number of ether oxygens (including phenoxy) is 2. The maximum atomic E-state index is 12.1. The second-order valence-corrected chi connectivity index (χ2v) is 6.51. The molecule has 12 heteroatoms. The summed E-state index contributed by atoms with van der Waals surface area (Å²) in [6.45, 7) is -0.440. The fraction of sp³-hybridized carbons (Fsp3) is 0.125. The van der Waals surface area contributed by atoms with E-state index in [1.54, 1.807) is 0 Å². The largest absolute Gasteiger partial charge is 0.493 e. The van der Waals surface area contributed by atoms with Gasteiger partial charge >= 0.3 is 11.9 Å². The van der Waals surface area contributed by atoms with E-state index in [9.17, 15) is 29.4 Å². The first kappa shape index (κ1) is 21.0. The van der Waals surface area contributed by atoms with Gasteiger partial charge in [-0.1, -0.05) is 0 Å². The molecule has 0 aliphatic rings. The topological polar surface area (TPSA) is 195 Å². The number of rotatable bonds is 7. The number of aromatic nitrogens is 1. The van der Waals surface area contributed by atoms with Crippen molar-refractivity contribution in [2.24, 2.45) is 5.73 Å². The van der Waals surface area contributed by atoms with Crippen molar-refractivity contribution in [3.05, 3.63) is 37.2 Å². The third kappa shape index (κ3) is 4.00. The molecule has 28 heavy (non-hydrogen) atoms. The number of carboxylic acid groups (broad SMARTS) is 2. The SMILES string of the molecule is COc1cc(-c2c(C(=O)O)c(N)[nH]c(=O)c2C(=O)O)cc(I)c1OCC(N)=O. The van der Waals surface area contributed by atoms with E-state index in [0.717, 1.165) is 0 Å². The molecule has 2 rings (SSSR count). The van der Waals surface area contributed by atoms with Gasteiger partial charge in [-0.3, -0.25) is 9.59 Å². The van der Waals surface area contributed by atoms with Gasteiger partial charge in [-0.25, -0.2) is 9.59 Å². The monoisotopic (exact) mass is 503 g/mol. The molecule has 1 aromatic heterocycles. The van der Waals surface area contributed by atoms with Crippen LogP contribution >= 0.6 is 22.6 Å². The zero-order chi connectivity index (χ0) is 21.2. The molecule has 0 atom stereocenters. The molecule has 0 radical (unpaired) electrons. The second kappa shape index (κ2) is 8.16.